The number of aryl methyl sites for hydroxylation is 1. The molecule has 1 aromatic rings. The van der Waals surface area contributed by atoms with Gasteiger partial charge in [0.15, 0.2) is 0 Å². The summed E-state index contributed by atoms with van der Waals surface area (Å²) in [6, 6.07) is 3.99. The van der Waals surface area contributed by atoms with Crippen molar-refractivity contribution in [1.82, 2.24) is 9.29 Å². The lowest BCUT2D eigenvalue weighted by Crippen LogP contribution is -2.49. The normalized spacial score (nSPS) is 16.3. The Morgan fingerprint density at radius 1 is 1.35 bits per heavy atom. The lowest BCUT2D eigenvalue weighted by molar-refractivity contribution is 0.199. The van der Waals surface area contributed by atoms with Crippen LogP contribution in [0.2, 0.25) is 0 Å². The highest BCUT2D eigenvalue weighted by molar-refractivity contribution is 7.89. The van der Waals surface area contributed by atoms with Crippen molar-refractivity contribution in [3.63, 3.8) is 0 Å². The summed E-state index contributed by atoms with van der Waals surface area (Å²) in [5.74, 6) is 0.747. The zero-order valence-electron chi connectivity index (χ0n) is 13.5. The summed E-state index contributed by atoms with van der Waals surface area (Å²) in [6.07, 6.45) is 2.18. The van der Waals surface area contributed by atoms with E-state index in [0.717, 1.165) is 5.56 Å². The Balaban J connectivity index is 2.02. The minimum absolute atomic E-state index is 0.104. The number of sulfonamides is 1. The summed E-state index contributed by atoms with van der Waals surface area (Å²) in [7, 11) is -1.68. The molecule has 0 aromatic carbocycles. The molecule has 0 aliphatic carbocycles. The second-order valence-electron chi connectivity index (χ2n) is 5.49. The number of pyridine rings is 1. The number of rotatable bonds is 6. The highest BCUT2D eigenvalue weighted by Crippen LogP contribution is 2.22. The van der Waals surface area contributed by atoms with Crippen LogP contribution in [0.25, 0.3) is 0 Å². The van der Waals surface area contributed by atoms with Gasteiger partial charge in [0.1, 0.15) is 11.9 Å². The first-order chi connectivity index (χ1) is 11.0. The molecule has 1 aliphatic rings. The third-order valence-electron chi connectivity index (χ3n) is 3.93. The lowest BCUT2D eigenvalue weighted by atomic mass is 10.1. The van der Waals surface area contributed by atoms with Crippen LogP contribution in [0.5, 0.6) is 0 Å². The van der Waals surface area contributed by atoms with Crippen LogP contribution in [0.3, 0.4) is 0 Å². The van der Waals surface area contributed by atoms with Gasteiger partial charge in [-0.1, -0.05) is 0 Å². The number of methoxy groups -OCH3 is 1. The summed E-state index contributed by atoms with van der Waals surface area (Å²) < 4.78 is 31.0. The fourth-order valence-electron chi connectivity index (χ4n) is 2.61. The van der Waals surface area contributed by atoms with Gasteiger partial charge in [0.05, 0.1) is 11.3 Å². The van der Waals surface area contributed by atoms with Crippen molar-refractivity contribution in [2.24, 2.45) is 0 Å². The summed E-state index contributed by atoms with van der Waals surface area (Å²) in [6.45, 7) is 4.22. The summed E-state index contributed by atoms with van der Waals surface area (Å²) >= 11 is 0. The second kappa shape index (κ2) is 7.73. The van der Waals surface area contributed by atoms with Crippen LogP contribution in [0, 0.1) is 18.3 Å². The van der Waals surface area contributed by atoms with E-state index in [1.807, 2.05) is 11.8 Å². The predicted molar refractivity (Wildman–Crippen MR) is 87.8 cm³/mol. The molecule has 0 atom stereocenters. The fourth-order valence-corrected chi connectivity index (χ4v) is 4.08. The topological polar surface area (TPSA) is 86.5 Å². The third kappa shape index (κ3) is 4.19. The third-order valence-corrected chi connectivity index (χ3v) is 5.89. The Morgan fingerprint density at radius 2 is 2.04 bits per heavy atom. The SMILES string of the molecule is COCCCS(=O)(=O)N1CCN(c2nccc(C)c2C#N)CC1. The zero-order valence-corrected chi connectivity index (χ0v) is 14.3. The molecular weight excluding hydrogens is 316 g/mol. The summed E-state index contributed by atoms with van der Waals surface area (Å²) in [5.41, 5.74) is 1.44. The van der Waals surface area contributed by atoms with E-state index in [0.29, 0.717) is 50.6 Å². The number of anilines is 1. The second-order valence-corrected chi connectivity index (χ2v) is 7.58. The number of piperazine rings is 1. The van der Waals surface area contributed by atoms with E-state index in [1.54, 1.807) is 19.4 Å². The van der Waals surface area contributed by atoms with Crippen LogP contribution >= 0.6 is 0 Å². The predicted octanol–water partition coefficient (Wildman–Crippen LogP) is 0.750. The molecule has 0 spiro atoms. The van der Waals surface area contributed by atoms with Gasteiger partial charge in [-0.15, -0.1) is 0 Å². The molecule has 0 saturated carbocycles. The Kier molecular flexibility index (Phi) is 5.93. The van der Waals surface area contributed by atoms with Crippen molar-refractivity contribution >= 4 is 15.8 Å². The van der Waals surface area contributed by atoms with Crippen molar-refractivity contribution in [3.8, 4) is 6.07 Å². The average molecular weight is 338 g/mol. The summed E-state index contributed by atoms with van der Waals surface area (Å²) in [4.78, 5) is 6.28. The molecule has 7 nitrogen and oxygen atoms in total. The molecule has 1 aromatic heterocycles. The van der Waals surface area contributed by atoms with Crippen molar-refractivity contribution in [3.05, 3.63) is 23.4 Å². The molecule has 0 amide bonds. The standard InChI is InChI=1S/C15H22N4O3S/c1-13-4-5-17-15(14(13)12-16)18-6-8-19(9-7-18)23(20,21)11-3-10-22-2/h4-5H,3,6-11H2,1-2H3. The zero-order chi connectivity index (χ0) is 16.9. The van der Waals surface area contributed by atoms with E-state index in [-0.39, 0.29) is 5.75 Å². The Morgan fingerprint density at radius 3 is 2.65 bits per heavy atom. The molecule has 0 unspecified atom stereocenters. The Hall–Kier alpha value is -1.69. The molecule has 2 heterocycles. The van der Waals surface area contributed by atoms with Crippen LogP contribution in [0.1, 0.15) is 17.5 Å². The molecule has 126 valence electrons. The van der Waals surface area contributed by atoms with E-state index >= 15 is 0 Å². The van der Waals surface area contributed by atoms with Crippen molar-refractivity contribution < 1.29 is 13.2 Å². The average Bonchev–Trinajstić information content (AvgIpc) is 2.55. The minimum atomic E-state index is -3.24. The molecule has 8 heteroatoms. The van der Waals surface area contributed by atoms with Gasteiger partial charge in [-0.25, -0.2) is 13.4 Å². The molecular formula is C15H22N4O3S. The van der Waals surface area contributed by atoms with E-state index < -0.39 is 10.0 Å². The first-order valence-electron chi connectivity index (χ1n) is 7.57. The molecule has 2 rings (SSSR count). The number of ether oxygens (including phenoxy) is 1. The van der Waals surface area contributed by atoms with Gasteiger partial charge in [-0.05, 0) is 25.0 Å². The van der Waals surface area contributed by atoms with Crippen LogP contribution < -0.4 is 4.90 Å². The van der Waals surface area contributed by atoms with E-state index in [2.05, 4.69) is 11.1 Å². The van der Waals surface area contributed by atoms with Crippen molar-refractivity contribution in [2.45, 2.75) is 13.3 Å². The first kappa shape index (κ1) is 17.7. The van der Waals surface area contributed by atoms with Gasteiger partial charge in [-0.2, -0.15) is 9.57 Å². The smallest absolute Gasteiger partial charge is 0.214 e. The van der Waals surface area contributed by atoms with Gasteiger partial charge in [0, 0.05) is 46.1 Å². The quantitative estimate of drug-likeness (QED) is 0.712. The van der Waals surface area contributed by atoms with Gasteiger partial charge in [0.2, 0.25) is 10.0 Å². The lowest BCUT2D eigenvalue weighted by Gasteiger charge is -2.35. The van der Waals surface area contributed by atoms with Gasteiger partial charge in [-0.3, -0.25) is 0 Å². The highest BCUT2D eigenvalue weighted by atomic mass is 32.2. The van der Waals surface area contributed by atoms with Crippen molar-refractivity contribution in [2.75, 3.05) is 50.5 Å². The van der Waals surface area contributed by atoms with E-state index in [9.17, 15) is 13.7 Å². The van der Waals surface area contributed by atoms with Gasteiger partial charge < -0.3 is 9.64 Å². The largest absolute Gasteiger partial charge is 0.385 e. The number of hydrogen-bond acceptors (Lipinski definition) is 6. The number of hydrogen-bond donors (Lipinski definition) is 0. The van der Waals surface area contributed by atoms with Crippen molar-refractivity contribution in [1.29, 1.82) is 5.26 Å². The molecule has 1 fully saturated rings. The van der Waals surface area contributed by atoms with Gasteiger partial charge in [0.25, 0.3) is 0 Å². The first-order valence-corrected chi connectivity index (χ1v) is 9.18. The maximum Gasteiger partial charge on any atom is 0.214 e. The molecule has 1 saturated heterocycles. The number of nitriles is 1. The fraction of sp³-hybridized carbons (Fsp3) is 0.600. The molecule has 0 bridgehead atoms. The minimum Gasteiger partial charge on any atom is -0.385 e. The van der Waals surface area contributed by atoms with Crippen LogP contribution in [-0.2, 0) is 14.8 Å². The number of aromatic nitrogens is 1. The van der Waals surface area contributed by atoms with Gasteiger partial charge >= 0.3 is 0 Å². The molecule has 0 radical (unpaired) electrons. The Labute approximate surface area is 137 Å². The number of nitrogens with zero attached hydrogens (tertiary/aromatic N) is 4. The maximum absolute atomic E-state index is 12.3. The maximum atomic E-state index is 12.3. The Bertz CT molecular complexity index is 676. The van der Waals surface area contributed by atoms with E-state index in [1.165, 1.54) is 4.31 Å². The highest BCUT2D eigenvalue weighted by Gasteiger charge is 2.28. The van der Waals surface area contributed by atoms with E-state index in [4.69, 9.17) is 4.74 Å². The molecule has 23 heavy (non-hydrogen) atoms. The van der Waals surface area contributed by atoms with Crippen LogP contribution in [0.15, 0.2) is 12.3 Å². The van der Waals surface area contributed by atoms with Crippen LogP contribution in [0.4, 0.5) is 5.82 Å². The summed E-state index contributed by atoms with van der Waals surface area (Å²) in [5, 5.41) is 9.30. The monoisotopic (exact) mass is 338 g/mol. The molecule has 0 N–H and O–H groups in total. The van der Waals surface area contributed by atoms with Crippen LogP contribution in [-0.4, -0.2) is 63.4 Å². The molecule has 1 aliphatic heterocycles.